The Labute approximate surface area is 181 Å². The second-order valence-corrected chi connectivity index (χ2v) is 10.4. The van der Waals surface area contributed by atoms with Crippen LogP contribution >= 0.6 is 0 Å². The maximum absolute atomic E-state index is 13.5. The first-order chi connectivity index (χ1) is 14.9. The first-order valence-electron chi connectivity index (χ1n) is 11.3. The summed E-state index contributed by atoms with van der Waals surface area (Å²) in [7, 11) is 0. The maximum Gasteiger partial charge on any atom is 0.309 e. The van der Waals surface area contributed by atoms with E-state index in [2.05, 4.69) is 54.1 Å². The van der Waals surface area contributed by atoms with Gasteiger partial charge in [0.1, 0.15) is 0 Å². The minimum Gasteiger partial charge on any atom is -0.481 e. The molecule has 31 heavy (non-hydrogen) atoms. The molecule has 4 aliphatic rings. The van der Waals surface area contributed by atoms with Gasteiger partial charge in [-0.3, -0.25) is 9.59 Å². The minimum atomic E-state index is -0.643. The Hall–Kier alpha value is -2.88. The third kappa shape index (κ3) is 2.60. The lowest BCUT2D eigenvalue weighted by Gasteiger charge is -2.72. The number of ketones is 1. The number of aryl methyl sites for hydroxylation is 1. The summed E-state index contributed by atoms with van der Waals surface area (Å²) < 4.78 is 2.19. The second kappa shape index (κ2) is 6.09. The summed E-state index contributed by atoms with van der Waals surface area (Å²) in [5.74, 6) is -0.434. The molecule has 158 valence electrons. The van der Waals surface area contributed by atoms with E-state index in [1.165, 1.54) is 11.1 Å². The molecule has 0 spiro atoms. The quantitative estimate of drug-likeness (QED) is 0.513. The van der Waals surface area contributed by atoms with Crippen molar-refractivity contribution in [1.82, 2.24) is 4.57 Å². The van der Waals surface area contributed by atoms with Crippen LogP contribution in [0.2, 0.25) is 0 Å². The van der Waals surface area contributed by atoms with Crippen molar-refractivity contribution in [2.75, 3.05) is 0 Å². The first kappa shape index (κ1) is 18.9. The van der Waals surface area contributed by atoms with Crippen LogP contribution in [0.3, 0.4) is 0 Å². The maximum atomic E-state index is 13.5. The van der Waals surface area contributed by atoms with Gasteiger partial charge in [-0.15, -0.1) is 0 Å². The lowest BCUT2D eigenvalue weighted by Crippen LogP contribution is -2.69. The topological polar surface area (TPSA) is 59.3 Å². The number of carboxylic acids is 1. The van der Waals surface area contributed by atoms with E-state index in [4.69, 9.17) is 0 Å². The van der Waals surface area contributed by atoms with Crippen molar-refractivity contribution in [3.8, 4) is 0 Å². The van der Waals surface area contributed by atoms with Gasteiger partial charge in [-0.1, -0.05) is 42.0 Å². The number of benzene rings is 2. The van der Waals surface area contributed by atoms with Crippen molar-refractivity contribution in [3.05, 3.63) is 71.4 Å². The summed E-state index contributed by atoms with van der Waals surface area (Å²) in [6, 6.07) is 16.6. The monoisotopic (exact) mass is 413 g/mol. The number of carbonyl (C=O) groups excluding carboxylic acids is 1. The fourth-order valence-electron chi connectivity index (χ4n) is 6.53. The van der Waals surface area contributed by atoms with Gasteiger partial charge in [-0.25, -0.2) is 0 Å². The molecule has 0 saturated heterocycles. The van der Waals surface area contributed by atoms with Crippen LogP contribution in [0.15, 0.2) is 54.7 Å². The standard InChI is InChI=1S/C27H27NO3/c1-18-5-7-19(8-6-18)14-28-12-9-20-3-2-4-21(23(20)28)22(29)13-26(10-11-26)27-15-25(16-27,17-27)24(30)31/h2-9,12H,10-11,13-17H2,1H3,(H,30,31). The van der Waals surface area contributed by atoms with Gasteiger partial charge in [0, 0.05) is 30.1 Å². The highest BCUT2D eigenvalue weighted by Crippen LogP contribution is 2.85. The predicted molar refractivity (Wildman–Crippen MR) is 119 cm³/mol. The van der Waals surface area contributed by atoms with Crippen LogP contribution in [0.1, 0.15) is 60.0 Å². The van der Waals surface area contributed by atoms with Crippen molar-refractivity contribution in [1.29, 1.82) is 0 Å². The summed E-state index contributed by atoms with van der Waals surface area (Å²) in [4.78, 5) is 25.1. The van der Waals surface area contributed by atoms with Gasteiger partial charge in [0.15, 0.2) is 5.78 Å². The molecule has 7 rings (SSSR count). The smallest absolute Gasteiger partial charge is 0.309 e. The number of rotatable bonds is 7. The van der Waals surface area contributed by atoms with Crippen LogP contribution in [0.4, 0.5) is 0 Å². The first-order valence-corrected chi connectivity index (χ1v) is 11.3. The summed E-state index contributed by atoms with van der Waals surface area (Å²) in [6.45, 7) is 2.83. The Morgan fingerprint density at radius 2 is 1.71 bits per heavy atom. The summed E-state index contributed by atoms with van der Waals surface area (Å²) >= 11 is 0. The van der Waals surface area contributed by atoms with Gasteiger partial charge in [-0.2, -0.15) is 0 Å². The largest absolute Gasteiger partial charge is 0.481 e. The molecular weight excluding hydrogens is 386 g/mol. The molecule has 0 amide bonds. The SMILES string of the molecule is Cc1ccc(Cn2ccc3cccc(C(=O)CC4(C56CC(C(=O)O)(C5)C6)CC4)c32)cc1. The number of nitrogens with zero attached hydrogens (tertiary/aromatic N) is 1. The molecule has 2 bridgehead atoms. The molecule has 1 aromatic heterocycles. The average molecular weight is 414 g/mol. The minimum absolute atomic E-state index is 0.0395. The molecule has 1 N–H and O–H groups in total. The second-order valence-electron chi connectivity index (χ2n) is 10.4. The van der Waals surface area contributed by atoms with E-state index in [9.17, 15) is 14.7 Å². The van der Waals surface area contributed by atoms with Gasteiger partial charge in [-0.05, 0) is 67.6 Å². The summed E-state index contributed by atoms with van der Waals surface area (Å²) in [5, 5.41) is 10.6. The third-order valence-electron chi connectivity index (χ3n) is 8.52. The van der Waals surface area contributed by atoms with E-state index in [0.29, 0.717) is 6.42 Å². The normalized spacial score (nSPS) is 27.4. The van der Waals surface area contributed by atoms with E-state index in [1.807, 2.05) is 12.1 Å². The highest BCUT2D eigenvalue weighted by molar-refractivity contribution is 6.07. The number of carboxylic acid groups (broad SMARTS) is 1. The number of aromatic nitrogens is 1. The molecule has 3 aromatic rings. The third-order valence-corrected chi connectivity index (χ3v) is 8.52. The van der Waals surface area contributed by atoms with E-state index < -0.39 is 11.4 Å². The molecule has 0 radical (unpaired) electrons. The Morgan fingerprint density at radius 1 is 1.00 bits per heavy atom. The number of hydrogen-bond acceptors (Lipinski definition) is 2. The van der Waals surface area contributed by atoms with Crippen LogP contribution in [0.25, 0.3) is 10.9 Å². The van der Waals surface area contributed by atoms with Crippen molar-refractivity contribution in [3.63, 3.8) is 0 Å². The highest BCUT2D eigenvalue weighted by atomic mass is 16.4. The molecule has 2 aromatic carbocycles. The highest BCUT2D eigenvalue weighted by Gasteiger charge is 2.80. The lowest BCUT2D eigenvalue weighted by molar-refractivity contribution is -0.248. The Bertz CT molecular complexity index is 1210. The summed E-state index contributed by atoms with van der Waals surface area (Å²) in [6.07, 6.45) is 7.08. The molecule has 0 aliphatic heterocycles. The molecule has 4 heteroatoms. The number of carbonyl (C=O) groups is 2. The molecule has 1 heterocycles. The van der Waals surface area contributed by atoms with Crippen molar-refractivity contribution in [2.24, 2.45) is 16.2 Å². The lowest BCUT2D eigenvalue weighted by atomic mass is 9.30. The van der Waals surface area contributed by atoms with Gasteiger partial charge in [0.2, 0.25) is 0 Å². The number of hydrogen-bond donors (Lipinski definition) is 1. The molecular formula is C27H27NO3. The Morgan fingerprint density at radius 3 is 2.35 bits per heavy atom. The van der Waals surface area contributed by atoms with E-state index in [-0.39, 0.29) is 16.6 Å². The number of aliphatic carboxylic acids is 1. The zero-order valence-corrected chi connectivity index (χ0v) is 17.9. The van der Waals surface area contributed by atoms with Crippen LogP contribution in [0.5, 0.6) is 0 Å². The summed E-state index contributed by atoms with van der Waals surface area (Å²) in [5.41, 5.74) is 3.96. The fraction of sp³-hybridized carbons (Fsp3) is 0.407. The zero-order valence-electron chi connectivity index (χ0n) is 17.9. The molecule has 4 nitrogen and oxygen atoms in total. The predicted octanol–water partition coefficient (Wildman–Crippen LogP) is 5.61. The van der Waals surface area contributed by atoms with Crippen molar-refractivity contribution in [2.45, 2.75) is 52.0 Å². The van der Waals surface area contributed by atoms with E-state index >= 15 is 0 Å². The molecule has 4 fully saturated rings. The van der Waals surface area contributed by atoms with E-state index in [0.717, 1.165) is 55.1 Å². The molecule has 4 aliphatic carbocycles. The molecule has 0 atom stereocenters. The van der Waals surface area contributed by atoms with Crippen molar-refractivity contribution >= 4 is 22.7 Å². The average Bonchev–Trinajstić information content (AvgIpc) is 3.32. The van der Waals surface area contributed by atoms with Gasteiger partial charge < -0.3 is 9.67 Å². The van der Waals surface area contributed by atoms with Gasteiger partial charge in [0.05, 0.1) is 10.9 Å². The zero-order chi connectivity index (χ0) is 21.4. The van der Waals surface area contributed by atoms with Crippen LogP contribution < -0.4 is 0 Å². The Kier molecular flexibility index (Phi) is 3.70. The van der Waals surface area contributed by atoms with Crippen LogP contribution in [0, 0.1) is 23.2 Å². The number of Topliss-reactive ketones (excluding diaryl/α,β-unsaturated/α-hetero) is 1. The van der Waals surface area contributed by atoms with Crippen LogP contribution in [-0.4, -0.2) is 21.4 Å². The van der Waals surface area contributed by atoms with Crippen molar-refractivity contribution < 1.29 is 14.7 Å². The van der Waals surface area contributed by atoms with E-state index in [1.54, 1.807) is 0 Å². The van der Waals surface area contributed by atoms with Gasteiger partial charge in [0.25, 0.3) is 0 Å². The Balaban J connectivity index is 1.28. The number of para-hydroxylation sites is 1. The number of fused-ring (bicyclic) bond motifs is 1. The molecule has 4 saturated carbocycles. The molecule has 0 unspecified atom stereocenters. The van der Waals surface area contributed by atoms with Gasteiger partial charge >= 0.3 is 5.97 Å². The fourth-order valence-corrected chi connectivity index (χ4v) is 6.53. The van der Waals surface area contributed by atoms with Crippen LogP contribution in [-0.2, 0) is 11.3 Å².